The van der Waals surface area contributed by atoms with Crippen molar-refractivity contribution in [1.82, 2.24) is 19.7 Å². The molecule has 0 atom stereocenters. The maximum absolute atomic E-state index is 6.19. The van der Waals surface area contributed by atoms with Crippen LogP contribution >= 0.6 is 34.8 Å². The third-order valence-corrected chi connectivity index (χ3v) is 3.71. The van der Waals surface area contributed by atoms with E-state index in [1.54, 1.807) is 35.1 Å². The van der Waals surface area contributed by atoms with Crippen molar-refractivity contribution in [1.29, 1.82) is 0 Å². The second-order valence-corrected chi connectivity index (χ2v) is 5.60. The van der Waals surface area contributed by atoms with Gasteiger partial charge in [-0.15, -0.1) is 0 Å². The molecule has 106 valence electrons. The molecular formula is C14H9Cl3N4. The van der Waals surface area contributed by atoms with E-state index in [1.165, 1.54) is 0 Å². The van der Waals surface area contributed by atoms with Crippen molar-refractivity contribution in [3.63, 3.8) is 0 Å². The van der Waals surface area contributed by atoms with Crippen LogP contribution < -0.4 is 0 Å². The van der Waals surface area contributed by atoms with E-state index in [4.69, 9.17) is 34.8 Å². The molecule has 0 aliphatic carbocycles. The molecule has 0 amide bonds. The van der Waals surface area contributed by atoms with Crippen molar-refractivity contribution < 1.29 is 0 Å². The van der Waals surface area contributed by atoms with Crippen molar-refractivity contribution in [2.45, 2.75) is 0 Å². The number of aromatic nitrogens is 4. The van der Waals surface area contributed by atoms with E-state index >= 15 is 0 Å². The maximum Gasteiger partial charge on any atom is 0.164 e. The van der Waals surface area contributed by atoms with Gasteiger partial charge in [0.15, 0.2) is 5.82 Å². The largest absolute Gasteiger partial charge is 0.275 e. The molecule has 4 nitrogen and oxygen atoms in total. The fourth-order valence-corrected chi connectivity index (χ4v) is 2.69. The maximum atomic E-state index is 6.19. The Bertz CT molecular complexity index is 793. The van der Waals surface area contributed by atoms with Crippen LogP contribution in [0.1, 0.15) is 0 Å². The van der Waals surface area contributed by atoms with E-state index in [2.05, 4.69) is 15.1 Å². The number of benzene rings is 1. The average molecular weight is 340 g/mol. The molecule has 3 rings (SSSR count). The number of hydrogen-bond acceptors (Lipinski definition) is 3. The zero-order valence-electron chi connectivity index (χ0n) is 10.9. The summed E-state index contributed by atoms with van der Waals surface area (Å²) < 4.78 is 1.69. The Labute approximate surface area is 136 Å². The zero-order chi connectivity index (χ0) is 15.0. The highest BCUT2D eigenvalue weighted by atomic mass is 35.5. The van der Waals surface area contributed by atoms with Gasteiger partial charge in [0.05, 0.1) is 27.5 Å². The van der Waals surface area contributed by atoms with Gasteiger partial charge in [0.25, 0.3) is 0 Å². The van der Waals surface area contributed by atoms with Crippen LogP contribution in [0.4, 0.5) is 0 Å². The van der Waals surface area contributed by atoms with E-state index in [9.17, 15) is 0 Å². The summed E-state index contributed by atoms with van der Waals surface area (Å²) in [5, 5.41) is 5.38. The van der Waals surface area contributed by atoms with Crippen LogP contribution in [0.15, 0.2) is 36.7 Å². The van der Waals surface area contributed by atoms with E-state index in [0.717, 1.165) is 5.56 Å². The molecule has 0 saturated heterocycles. The molecule has 0 saturated carbocycles. The lowest BCUT2D eigenvalue weighted by molar-refractivity contribution is 0.768. The quantitative estimate of drug-likeness (QED) is 0.645. The first kappa shape index (κ1) is 14.3. The SMILES string of the molecule is Cn1cc(-c2cc(Cl)nc(-c3c(Cl)cccc3Cl)n2)cn1. The Kier molecular flexibility index (Phi) is 3.85. The predicted molar refractivity (Wildman–Crippen MR) is 84.7 cm³/mol. The van der Waals surface area contributed by atoms with E-state index < -0.39 is 0 Å². The fraction of sp³-hybridized carbons (Fsp3) is 0.0714. The number of rotatable bonds is 2. The van der Waals surface area contributed by atoms with Gasteiger partial charge in [0, 0.05) is 24.9 Å². The molecule has 0 N–H and O–H groups in total. The first-order chi connectivity index (χ1) is 10.0. The van der Waals surface area contributed by atoms with Gasteiger partial charge >= 0.3 is 0 Å². The smallest absolute Gasteiger partial charge is 0.164 e. The first-order valence-corrected chi connectivity index (χ1v) is 7.16. The summed E-state index contributed by atoms with van der Waals surface area (Å²) in [6.07, 6.45) is 3.55. The minimum atomic E-state index is 0.315. The van der Waals surface area contributed by atoms with Crippen LogP contribution in [0.2, 0.25) is 15.2 Å². The highest BCUT2D eigenvalue weighted by Crippen LogP contribution is 2.34. The second-order valence-electron chi connectivity index (χ2n) is 4.40. The normalized spacial score (nSPS) is 10.9. The predicted octanol–water partition coefficient (Wildman–Crippen LogP) is 4.50. The van der Waals surface area contributed by atoms with Crippen LogP contribution in [0.3, 0.4) is 0 Å². The summed E-state index contributed by atoms with van der Waals surface area (Å²) in [4.78, 5) is 8.71. The first-order valence-electron chi connectivity index (χ1n) is 6.02. The van der Waals surface area contributed by atoms with Gasteiger partial charge in [-0.3, -0.25) is 4.68 Å². The molecule has 2 heterocycles. The fourth-order valence-electron chi connectivity index (χ4n) is 1.94. The number of aryl methyl sites for hydroxylation is 1. The number of halogens is 3. The van der Waals surface area contributed by atoms with Gasteiger partial charge in [0.1, 0.15) is 5.15 Å². The van der Waals surface area contributed by atoms with Crippen LogP contribution in [-0.2, 0) is 7.05 Å². The molecule has 2 aromatic heterocycles. The lowest BCUT2D eigenvalue weighted by atomic mass is 10.2. The molecule has 0 fully saturated rings. The van der Waals surface area contributed by atoms with Gasteiger partial charge in [-0.25, -0.2) is 9.97 Å². The van der Waals surface area contributed by atoms with Crippen molar-refractivity contribution in [2.75, 3.05) is 0 Å². The molecule has 0 aliphatic heterocycles. The van der Waals surface area contributed by atoms with Crippen molar-refractivity contribution in [3.8, 4) is 22.6 Å². The molecule has 0 bridgehead atoms. The van der Waals surface area contributed by atoms with Crippen LogP contribution in [0.5, 0.6) is 0 Å². The van der Waals surface area contributed by atoms with Crippen molar-refractivity contribution >= 4 is 34.8 Å². The molecule has 1 aromatic carbocycles. The van der Waals surface area contributed by atoms with Gasteiger partial charge in [0.2, 0.25) is 0 Å². The third-order valence-electron chi connectivity index (χ3n) is 2.88. The van der Waals surface area contributed by atoms with Gasteiger partial charge in [-0.2, -0.15) is 5.10 Å². The van der Waals surface area contributed by atoms with E-state index in [-0.39, 0.29) is 0 Å². The minimum absolute atomic E-state index is 0.315. The third kappa shape index (κ3) is 2.88. The Balaban J connectivity index is 2.19. The van der Waals surface area contributed by atoms with Crippen LogP contribution in [0.25, 0.3) is 22.6 Å². The summed E-state index contributed by atoms with van der Waals surface area (Å²) in [6.45, 7) is 0. The highest BCUT2D eigenvalue weighted by Gasteiger charge is 2.14. The Morgan fingerprint density at radius 2 is 1.76 bits per heavy atom. The summed E-state index contributed by atoms with van der Waals surface area (Å²) >= 11 is 18.5. The van der Waals surface area contributed by atoms with Gasteiger partial charge in [-0.1, -0.05) is 40.9 Å². The molecular weight excluding hydrogens is 331 g/mol. The van der Waals surface area contributed by atoms with E-state index in [1.807, 2.05) is 13.2 Å². The average Bonchev–Trinajstić information content (AvgIpc) is 2.85. The topological polar surface area (TPSA) is 43.6 Å². The highest BCUT2D eigenvalue weighted by molar-refractivity contribution is 6.39. The molecule has 7 heteroatoms. The van der Waals surface area contributed by atoms with Gasteiger partial charge in [-0.05, 0) is 12.1 Å². The van der Waals surface area contributed by atoms with Crippen molar-refractivity contribution in [2.24, 2.45) is 7.05 Å². The minimum Gasteiger partial charge on any atom is -0.275 e. The zero-order valence-corrected chi connectivity index (χ0v) is 13.2. The molecule has 21 heavy (non-hydrogen) atoms. The van der Waals surface area contributed by atoms with Crippen LogP contribution in [0, 0.1) is 0 Å². The molecule has 3 aromatic rings. The lowest BCUT2D eigenvalue weighted by Gasteiger charge is -2.07. The number of hydrogen-bond donors (Lipinski definition) is 0. The molecule has 0 aliphatic rings. The summed E-state index contributed by atoms with van der Waals surface area (Å²) in [7, 11) is 1.83. The number of nitrogens with zero attached hydrogens (tertiary/aromatic N) is 4. The Hall–Kier alpha value is -1.62. The molecule has 0 spiro atoms. The van der Waals surface area contributed by atoms with Crippen molar-refractivity contribution in [3.05, 3.63) is 51.9 Å². The summed E-state index contributed by atoms with van der Waals surface area (Å²) in [5.74, 6) is 0.386. The second kappa shape index (κ2) is 5.64. The summed E-state index contributed by atoms with van der Waals surface area (Å²) in [6, 6.07) is 6.90. The summed E-state index contributed by atoms with van der Waals surface area (Å²) in [5.41, 5.74) is 2.06. The molecule has 0 radical (unpaired) electrons. The van der Waals surface area contributed by atoms with E-state index in [0.29, 0.717) is 32.3 Å². The van der Waals surface area contributed by atoms with Gasteiger partial charge < -0.3 is 0 Å². The Morgan fingerprint density at radius 3 is 2.38 bits per heavy atom. The Morgan fingerprint density at radius 1 is 1.05 bits per heavy atom. The standard InChI is InChI=1S/C14H9Cl3N4/c1-21-7-8(6-18-21)11-5-12(17)20-14(19-11)13-9(15)3-2-4-10(13)16/h2-7H,1H3. The lowest BCUT2D eigenvalue weighted by Crippen LogP contribution is -1.94. The monoisotopic (exact) mass is 338 g/mol. The molecule has 0 unspecified atom stereocenters. The van der Waals surface area contributed by atoms with Crippen LogP contribution in [-0.4, -0.2) is 19.7 Å².